The van der Waals surface area contributed by atoms with Crippen LogP contribution in [0.4, 0.5) is 5.69 Å². The van der Waals surface area contributed by atoms with Crippen LogP contribution in [0.25, 0.3) is 11.1 Å². The summed E-state index contributed by atoms with van der Waals surface area (Å²) in [6, 6.07) is 4.51. The van der Waals surface area contributed by atoms with Gasteiger partial charge in [0.2, 0.25) is 0 Å². The second kappa shape index (κ2) is 3.66. The van der Waals surface area contributed by atoms with Gasteiger partial charge in [0.25, 0.3) is 5.69 Å². The fourth-order valence-electron chi connectivity index (χ4n) is 1.33. The van der Waals surface area contributed by atoms with Crippen LogP contribution in [0, 0.1) is 10.1 Å². The Hall–Kier alpha value is -1.95. The molecular weight excluding hydrogens is 200 g/mol. The number of hydrogen-bond donors (Lipinski definition) is 1. The Morgan fingerprint density at radius 1 is 1.53 bits per heavy atom. The van der Waals surface area contributed by atoms with Crippen molar-refractivity contribution in [1.82, 2.24) is 4.98 Å². The number of nitro benzene ring substituents is 1. The number of para-hydroxylation sites is 1. The molecule has 0 saturated heterocycles. The van der Waals surface area contributed by atoms with Gasteiger partial charge in [0.1, 0.15) is 0 Å². The van der Waals surface area contributed by atoms with E-state index in [1.807, 2.05) is 0 Å². The molecule has 0 radical (unpaired) electrons. The summed E-state index contributed by atoms with van der Waals surface area (Å²) < 4.78 is 5.22. The normalized spacial score (nSPS) is 10.7. The molecule has 1 N–H and O–H groups in total. The molecule has 0 aliphatic carbocycles. The van der Waals surface area contributed by atoms with Crippen LogP contribution in [0.15, 0.2) is 22.6 Å². The molecule has 78 valence electrons. The molecule has 0 unspecified atom stereocenters. The van der Waals surface area contributed by atoms with Crippen molar-refractivity contribution in [3.05, 3.63) is 34.2 Å². The number of rotatable bonds is 3. The highest BCUT2D eigenvalue weighted by Crippen LogP contribution is 2.25. The molecule has 0 aliphatic heterocycles. The molecule has 6 heteroatoms. The number of hydrogen-bond acceptors (Lipinski definition) is 5. The number of fused-ring (bicyclic) bond motifs is 1. The van der Waals surface area contributed by atoms with Crippen LogP contribution >= 0.6 is 0 Å². The van der Waals surface area contributed by atoms with E-state index in [0.717, 1.165) is 0 Å². The van der Waals surface area contributed by atoms with Gasteiger partial charge in [-0.2, -0.15) is 0 Å². The Morgan fingerprint density at radius 2 is 2.33 bits per heavy atom. The van der Waals surface area contributed by atoms with E-state index in [1.165, 1.54) is 12.1 Å². The standard InChI is InChI=1S/C9H8N2O4/c12-5-4-8-10-9-6(11(13)14)2-1-3-7(9)15-8/h1-3,12H,4-5H2. The van der Waals surface area contributed by atoms with Crippen molar-refractivity contribution in [2.24, 2.45) is 0 Å². The van der Waals surface area contributed by atoms with Gasteiger partial charge < -0.3 is 9.52 Å². The van der Waals surface area contributed by atoms with Crippen LogP contribution in [-0.2, 0) is 6.42 Å². The summed E-state index contributed by atoms with van der Waals surface area (Å²) in [7, 11) is 0. The second-order valence-corrected chi connectivity index (χ2v) is 2.96. The molecule has 0 saturated carbocycles. The molecule has 0 aliphatic rings. The van der Waals surface area contributed by atoms with Crippen LogP contribution in [0.5, 0.6) is 0 Å². The third kappa shape index (κ3) is 1.66. The number of aliphatic hydroxyl groups excluding tert-OH is 1. The van der Waals surface area contributed by atoms with E-state index in [0.29, 0.717) is 11.5 Å². The molecular formula is C9H8N2O4. The predicted molar refractivity (Wildman–Crippen MR) is 51.5 cm³/mol. The summed E-state index contributed by atoms with van der Waals surface area (Å²) in [6.45, 7) is -0.0966. The Labute approximate surface area is 84.3 Å². The first kappa shape index (κ1) is 9.60. The van der Waals surface area contributed by atoms with E-state index in [-0.39, 0.29) is 24.2 Å². The SMILES string of the molecule is O=[N+]([O-])c1cccc2oc(CCO)nc12. The summed E-state index contributed by atoms with van der Waals surface area (Å²) in [5.41, 5.74) is 0.513. The number of oxazole rings is 1. The lowest BCUT2D eigenvalue weighted by atomic mass is 10.3. The monoisotopic (exact) mass is 208 g/mol. The van der Waals surface area contributed by atoms with Gasteiger partial charge in [-0.05, 0) is 6.07 Å². The predicted octanol–water partition coefficient (Wildman–Crippen LogP) is 1.27. The fourth-order valence-corrected chi connectivity index (χ4v) is 1.33. The topological polar surface area (TPSA) is 89.4 Å². The Balaban J connectivity index is 2.59. The zero-order valence-corrected chi connectivity index (χ0v) is 7.71. The van der Waals surface area contributed by atoms with E-state index in [2.05, 4.69) is 4.98 Å². The third-order valence-corrected chi connectivity index (χ3v) is 1.96. The number of aliphatic hydroxyl groups is 1. The lowest BCUT2D eigenvalue weighted by Gasteiger charge is -1.89. The van der Waals surface area contributed by atoms with Gasteiger partial charge in [0.05, 0.1) is 11.5 Å². The van der Waals surface area contributed by atoms with E-state index < -0.39 is 4.92 Å². The number of benzene rings is 1. The van der Waals surface area contributed by atoms with E-state index >= 15 is 0 Å². The zero-order chi connectivity index (χ0) is 10.8. The van der Waals surface area contributed by atoms with Crippen molar-refractivity contribution in [1.29, 1.82) is 0 Å². The molecule has 2 aromatic rings. The van der Waals surface area contributed by atoms with Gasteiger partial charge in [0.15, 0.2) is 17.0 Å². The van der Waals surface area contributed by atoms with Crippen molar-refractivity contribution in [3.8, 4) is 0 Å². The van der Waals surface area contributed by atoms with Gasteiger partial charge >= 0.3 is 0 Å². The smallest absolute Gasteiger partial charge is 0.298 e. The van der Waals surface area contributed by atoms with E-state index in [4.69, 9.17) is 9.52 Å². The first-order chi connectivity index (χ1) is 7.22. The van der Waals surface area contributed by atoms with Gasteiger partial charge in [0, 0.05) is 12.5 Å². The molecule has 1 aromatic carbocycles. The van der Waals surface area contributed by atoms with Crippen LogP contribution < -0.4 is 0 Å². The quantitative estimate of drug-likeness (QED) is 0.606. The molecule has 2 rings (SSSR count). The van der Waals surface area contributed by atoms with Gasteiger partial charge in [-0.25, -0.2) is 4.98 Å². The molecule has 1 aromatic heterocycles. The van der Waals surface area contributed by atoms with Crippen molar-refractivity contribution in [3.63, 3.8) is 0 Å². The zero-order valence-electron chi connectivity index (χ0n) is 7.71. The highest BCUT2D eigenvalue weighted by atomic mass is 16.6. The summed E-state index contributed by atoms with van der Waals surface area (Å²) in [4.78, 5) is 14.1. The molecule has 0 atom stereocenters. The highest BCUT2D eigenvalue weighted by molar-refractivity contribution is 5.82. The van der Waals surface area contributed by atoms with Gasteiger partial charge in [-0.1, -0.05) is 6.07 Å². The largest absolute Gasteiger partial charge is 0.440 e. The third-order valence-electron chi connectivity index (χ3n) is 1.96. The van der Waals surface area contributed by atoms with E-state index in [9.17, 15) is 10.1 Å². The fraction of sp³-hybridized carbons (Fsp3) is 0.222. The average molecular weight is 208 g/mol. The number of nitro groups is 1. The van der Waals surface area contributed by atoms with Crippen LogP contribution in [0.1, 0.15) is 5.89 Å². The highest BCUT2D eigenvalue weighted by Gasteiger charge is 2.16. The first-order valence-corrected chi connectivity index (χ1v) is 4.36. The molecule has 0 spiro atoms. The minimum Gasteiger partial charge on any atom is -0.440 e. The number of non-ortho nitro benzene ring substituents is 1. The minimum absolute atomic E-state index is 0.0829. The average Bonchev–Trinajstić information content (AvgIpc) is 2.59. The Bertz CT molecular complexity index is 506. The summed E-state index contributed by atoms with van der Waals surface area (Å²) in [5, 5.41) is 19.3. The van der Waals surface area contributed by atoms with Crippen molar-refractivity contribution < 1.29 is 14.4 Å². The van der Waals surface area contributed by atoms with Crippen molar-refractivity contribution >= 4 is 16.8 Å². The first-order valence-electron chi connectivity index (χ1n) is 4.36. The van der Waals surface area contributed by atoms with E-state index in [1.54, 1.807) is 6.07 Å². The summed E-state index contributed by atoms with van der Waals surface area (Å²) in [6.07, 6.45) is 0.256. The second-order valence-electron chi connectivity index (χ2n) is 2.96. The maximum atomic E-state index is 10.7. The molecule has 0 amide bonds. The van der Waals surface area contributed by atoms with Gasteiger partial charge in [-0.15, -0.1) is 0 Å². The molecule has 0 fully saturated rings. The lowest BCUT2D eigenvalue weighted by molar-refractivity contribution is -0.383. The molecule has 0 bridgehead atoms. The maximum absolute atomic E-state index is 10.7. The van der Waals surface area contributed by atoms with Crippen molar-refractivity contribution in [2.45, 2.75) is 6.42 Å². The minimum atomic E-state index is -0.506. The summed E-state index contributed by atoms with van der Waals surface area (Å²) in [5.74, 6) is 0.307. The number of nitrogens with zero attached hydrogens (tertiary/aromatic N) is 2. The maximum Gasteiger partial charge on any atom is 0.298 e. The van der Waals surface area contributed by atoms with Crippen LogP contribution in [-0.4, -0.2) is 21.6 Å². The lowest BCUT2D eigenvalue weighted by Crippen LogP contribution is -1.91. The summed E-state index contributed by atoms with van der Waals surface area (Å²) >= 11 is 0. The van der Waals surface area contributed by atoms with Gasteiger partial charge in [-0.3, -0.25) is 10.1 Å². The molecule has 6 nitrogen and oxygen atoms in total. The Kier molecular flexibility index (Phi) is 2.34. The van der Waals surface area contributed by atoms with Crippen LogP contribution in [0.2, 0.25) is 0 Å². The molecule has 1 heterocycles. The van der Waals surface area contributed by atoms with Crippen LogP contribution in [0.3, 0.4) is 0 Å². The Morgan fingerprint density at radius 3 is 3.00 bits per heavy atom. The number of aromatic nitrogens is 1. The van der Waals surface area contributed by atoms with Crippen molar-refractivity contribution in [2.75, 3.05) is 6.61 Å². The molecule has 15 heavy (non-hydrogen) atoms.